The van der Waals surface area contributed by atoms with Gasteiger partial charge in [-0.15, -0.1) is 11.8 Å². The molecule has 0 aromatic heterocycles. The molecule has 0 radical (unpaired) electrons. The Morgan fingerprint density at radius 2 is 1.96 bits per heavy atom. The molecule has 0 aliphatic rings. The van der Waals surface area contributed by atoms with Gasteiger partial charge in [0.1, 0.15) is 0 Å². The first-order chi connectivity index (χ1) is 11.1. The third-order valence-corrected chi connectivity index (χ3v) is 4.77. The molecule has 23 heavy (non-hydrogen) atoms. The number of methoxy groups -OCH3 is 1. The van der Waals surface area contributed by atoms with E-state index in [1.165, 1.54) is 18.9 Å². The number of rotatable bonds is 6. The van der Waals surface area contributed by atoms with Gasteiger partial charge in [0.15, 0.2) is 0 Å². The highest BCUT2D eigenvalue weighted by atomic mass is 79.9. The van der Waals surface area contributed by atoms with Crippen LogP contribution in [0.4, 0.5) is 5.69 Å². The quantitative estimate of drug-likeness (QED) is 0.750. The largest absolute Gasteiger partial charge is 0.465 e. The third-order valence-electron chi connectivity index (χ3n) is 3.02. The summed E-state index contributed by atoms with van der Waals surface area (Å²) in [6, 6.07) is 14.6. The van der Waals surface area contributed by atoms with Gasteiger partial charge in [-0.25, -0.2) is 4.79 Å². The maximum atomic E-state index is 12.0. The number of ether oxygens (including phenoxy) is 1. The fraction of sp³-hybridized carbons (Fsp3) is 0.176. The van der Waals surface area contributed by atoms with E-state index in [2.05, 4.69) is 26.0 Å². The van der Waals surface area contributed by atoms with Gasteiger partial charge in [0.2, 0.25) is 5.91 Å². The van der Waals surface area contributed by atoms with Crippen molar-refractivity contribution in [2.75, 3.05) is 18.2 Å². The number of carbonyl (C=O) groups is 2. The zero-order valence-corrected chi connectivity index (χ0v) is 14.9. The molecule has 2 aromatic rings. The van der Waals surface area contributed by atoms with Crippen molar-refractivity contribution < 1.29 is 14.3 Å². The van der Waals surface area contributed by atoms with Crippen molar-refractivity contribution in [2.45, 2.75) is 5.75 Å². The minimum absolute atomic E-state index is 0.107. The summed E-state index contributed by atoms with van der Waals surface area (Å²) in [5, 5.41) is 2.78. The summed E-state index contributed by atoms with van der Waals surface area (Å²) < 4.78 is 5.70. The predicted molar refractivity (Wildman–Crippen MR) is 96.7 cm³/mol. The molecule has 1 amide bonds. The smallest absolute Gasteiger partial charge is 0.337 e. The molecule has 0 atom stereocenters. The molecule has 0 unspecified atom stereocenters. The average molecular weight is 394 g/mol. The number of carbonyl (C=O) groups excluding carboxylic acids is 2. The molecule has 4 nitrogen and oxygen atoms in total. The van der Waals surface area contributed by atoms with E-state index in [1.54, 1.807) is 24.3 Å². The Morgan fingerprint density at radius 1 is 1.17 bits per heavy atom. The molecule has 0 saturated heterocycles. The summed E-state index contributed by atoms with van der Waals surface area (Å²) in [4.78, 5) is 23.4. The van der Waals surface area contributed by atoms with Gasteiger partial charge in [0, 0.05) is 15.9 Å². The summed E-state index contributed by atoms with van der Waals surface area (Å²) in [6.07, 6.45) is 0. The van der Waals surface area contributed by atoms with Crippen molar-refractivity contribution >= 4 is 45.3 Å². The van der Waals surface area contributed by atoms with Crippen LogP contribution >= 0.6 is 27.7 Å². The molecule has 1 N–H and O–H groups in total. The number of hydrogen-bond acceptors (Lipinski definition) is 4. The standard InChI is InChI=1S/C17H16BrNO3S/c1-22-17(21)12-6-4-7-14(9-12)19-16(20)11-23-10-13-5-2-3-8-15(13)18/h2-9H,10-11H2,1H3,(H,19,20). The Labute approximate surface area is 147 Å². The molecule has 2 aromatic carbocycles. The molecule has 6 heteroatoms. The van der Waals surface area contributed by atoms with Crippen LogP contribution in [0.15, 0.2) is 53.0 Å². The summed E-state index contributed by atoms with van der Waals surface area (Å²) in [6.45, 7) is 0. The van der Waals surface area contributed by atoms with Crippen molar-refractivity contribution in [2.24, 2.45) is 0 Å². The number of halogens is 1. The zero-order valence-electron chi connectivity index (χ0n) is 12.5. The van der Waals surface area contributed by atoms with Gasteiger partial charge in [-0.05, 0) is 29.8 Å². The van der Waals surface area contributed by atoms with Crippen LogP contribution in [0.5, 0.6) is 0 Å². The maximum Gasteiger partial charge on any atom is 0.337 e. The van der Waals surface area contributed by atoms with Crippen molar-refractivity contribution in [3.8, 4) is 0 Å². The summed E-state index contributed by atoms with van der Waals surface area (Å²) in [5.41, 5.74) is 2.14. The number of amides is 1. The van der Waals surface area contributed by atoms with Gasteiger partial charge in [-0.1, -0.05) is 40.2 Å². The first kappa shape index (κ1) is 17.6. The van der Waals surface area contributed by atoms with Gasteiger partial charge in [0.05, 0.1) is 18.4 Å². The Bertz CT molecular complexity index is 706. The summed E-state index contributed by atoms with van der Waals surface area (Å²) in [7, 11) is 1.33. The molecular weight excluding hydrogens is 378 g/mol. The second-order valence-corrected chi connectivity index (χ2v) is 6.54. The van der Waals surface area contributed by atoms with E-state index < -0.39 is 5.97 Å². The van der Waals surface area contributed by atoms with Crippen LogP contribution < -0.4 is 5.32 Å². The van der Waals surface area contributed by atoms with Crippen LogP contribution in [0.1, 0.15) is 15.9 Å². The summed E-state index contributed by atoms with van der Waals surface area (Å²) >= 11 is 5.02. The number of benzene rings is 2. The minimum atomic E-state index is -0.426. The lowest BCUT2D eigenvalue weighted by molar-refractivity contribution is -0.113. The monoisotopic (exact) mass is 393 g/mol. The number of anilines is 1. The van der Waals surface area contributed by atoms with Crippen LogP contribution in [-0.2, 0) is 15.3 Å². The van der Waals surface area contributed by atoms with Crippen LogP contribution in [-0.4, -0.2) is 24.7 Å². The van der Waals surface area contributed by atoms with Gasteiger partial charge in [-0.3, -0.25) is 4.79 Å². The first-order valence-electron chi connectivity index (χ1n) is 6.89. The van der Waals surface area contributed by atoms with Crippen LogP contribution in [0.2, 0.25) is 0 Å². The van der Waals surface area contributed by atoms with Gasteiger partial charge in [0.25, 0.3) is 0 Å². The highest BCUT2D eigenvalue weighted by Gasteiger charge is 2.08. The maximum absolute atomic E-state index is 12.0. The van der Waals surface area contributed by atoms with E-state index in [-0.39, 0.29) is 5.91 Å². The Morgan fingerprint density at radius 3 is 2.70 bits per heavy atom. The minimum Gasteiger partial charge on any atom is -0.465 e. The van der Waals surface area contributed by atoms with Crippen LogP contribution in [0.3, 0.4) is 0 Å². The highest BCUT2D eigenvalue weighted by Crippen LogP contribution is 2.21. The van der Waals surface area contributed by atoms with E-state index in [4.69, 9.17) is 0 Å². The molecule has 0 bridgehead atoms. The third kappa shape index (κ3) is 5.41. The predicted octanol–water partition coefficient (Wildman–Crippen LogP) is 4.11. The Kier molecular flexibility index (Phi) is 6.67. The molecular formula is C17H16BrNO3S. The Hall–Kier alpha value is -1.79. The molecule has 0 fully saturated rings. The SMILES string of the molecule is COC(=O)c1cccc(NC(=O)CSCc2ccccc2Br)c1. The molecule has 0 aliphatic heterocycles. The van der Waals surface area contributed by atoms with Crippen molar-refractivity contribution in [1.29, 1.82) is 0 Å². The molecule has 120 valence electrons. The number of esters is 1. The van der Waals surface area contributed by atoms with Gasteiger partial charge >= 0.3 is 5.97 Å². The second-order valence-electron chi connectivity index (χ2n) is 4.70. The highest BCUT2D eigenvalue weighted by molar-refractivity contribution is 9.10. The van der Waals surface area contributed by atoms with Crippen molar-refractivity contribution in [3.05, 3.63) is 64.1 Å². The molecule has 0 heterocycles. The van der Waals surface area contributed by atoms with Crippen molar-refractivity contribution in [1.82, 2.24) is 0 Å². The molecule has 0 spiro atoms. The molecule has 0 aliphatic carbocycles. The van der Waals surface area contributed by atoms with Crippen LogP contribution in [0, 0.1) is 0 Å². The lowest BCUT2D eigenvalue weighted by Gasteiger charge is -2.07. The number of hydrogen-bond donors (Lipinski definition) is 1. The second kappa shape index (κ2) is 8.74. The van der Waals surface area contributed by atoms with E-state index in [1.807, 2.05) is 24.3 Å². The summed E-state index contributed by atoms with van der Waals surface area (Å²) in [5.74, 6) is 0.550. The van der Waals surface area contributed by atoms with E-state index >= 15 is 0 Å². The Balaban J connectivity index is 1.85. The normalized spacial score (nSPS) is 10.2. The lowest BCUT2D eigenvalue weighted by Crippen LogP contribution is -2.14. The average Bonchev–Trinajstić information content (AvgIpc) is 2.56. The lowest BCUT2D eigenvalue weighted by atomic mass is 10.2. The van der Waals surface area contributed by atoms with Gasteiger partial charge in [-0.2, -0.15) is 0 Å². The molecule has 0 saturated carbocycles. The fourth-order valence-corrected chi connectivity index (χ4v) is 3.35. The number of nitrogens with one attached hydrogen (secondary N) is 1. The topological polar surface area (TPSA) is 55.4 Å². The van der Waals surface area contributed by atoms with E-state index in [9.17, 15) is 9.59 Å². The van der Waals surface area contributed by atoms with E-state index in [0.29, 0.717) is 17.0 Å². The van der Waals surface area contributed by atoms with E-state index in [0.717, 1.165) is 15.8 Å². The zero-order chi connectivity index (χ0) is 16.7. The van der Waals surface area contributed by atoms with Crippen molar-refractivity contribution in [3.63, 3.8) is 0 Å². The first-order valence-corrected chi connectivity index (χ1v) is 8.84. The van der Waals surface area contributed by atoms with Gasteiger partial charge < -0.3 is 10.1 Å². The molecule has 2 rings (SSSR count). The van der Waals surface area contributed by atoms with Crippen LogP contribution in [0.25, 0.3) is 0 Å². The number of thioether (sulfide) groups is 1. The fourth-order valence-electron chi connectivity index (χ4n) is 1.91.